The molecule has 2 heterocycles. The topological polar surface area (TPSA) is 38.9 Å². The molecule has 0 radical (unpaired) electrons. The number of hydrogen-bond acceptors (Lipinski definition) is 4. The lowest BCUT2D eigenvalue weighted by Crippen LogP contribution is -1.82. The van der Waals surface area contributed by atoms with E-state index in [9.17, 15) is 0 Å². The third kappa shape index (κ3) is 2.77. The van der Waals surface area contributed by atoms with Crippen LogP contribution in [0.2, 0.25) is 5.02 Å². The van der Waals surface area contributed by atoms with E-state index in [1.54, 1.807) is 23.5 Å². The Morgan fingerprint density at radius 2 is 2.05 bits per heavy atom. The fourth-order valence-electron chi connectivity index (χ4n) is 1.63. The fourth-order valence-corrected chi connectivity index (χ4v) is 2.77. The Labute approximate surface area is 129 Å². The highest BCUT2D eigenvalue weighted by Gasteiger charge is 2.13. The van der Waals surface area contributed by atoms with Crippen molar-refractivity contribution in [3.8, 4) is 11.4 Å². The zero-order valence-electron chi connectivity index (χ0n) is 10.1. The van der Waals surface area contributed by atoms with Crippen molar-refractivity contribution >= 4 is 45.6 Å². The van der Waals surface area contributed by atoms with Gasteiger partial charge in [-0.3, -0.25) is 0 Å². The zero-order chi connectivity index (χ0) is 13.9. The van der Waals surface area contributed by atoms with Crippen LogP contribution in [0.1, 0.15) is 10.8 Å². The van der Waals surface area contributed by atoms with Crippen molar-refractivity contribution in [2.24, 2.45) is 0 Å². The molecule has 0 aliphatic rings. The van der Waals surface area contributed by atoms with Gasteiger partial charge >= 0.3 is 0 Å². The molecule has 20 heavy (non-hydrogen) atoms. The van der Waals surface area contributed by atoms with E-state index in [2.05, 4.69) is 10.1 Å². The molecule has 3 rings (SSSR count). The van der Waals surface area contributed by atoms with E-state index in [1.807, 2.05) is 35.7 Å². The summed E-state index contributed by atoms with van der Waals surface area (Å²) in [6.45, 7) is 0. The van der Waals surface area contributed by atoms with Crippen molar-refractivity contribution in [1.82, 2.24) is 10.1 Å². The molecule has 0 N–H and O–H groups in total. The van der Waals surface area contributed by atoms with Gasteiger partial charge in [-0.2, -0.15) is 4.98 Å². The lowest BCUT2D eigenvalue weighted by molar-refractivity contribution is 0.410. The fraction of sp³-hybridized carbons (Fsp3) is 0. The largest absolute Gasteiger partial charge is 0.333 e. The molecule has 0 saturated heterocycles. The maximum absolute atomic E-state index is 6.18. The van der Waals surface area contributed by atoms with Crippen LogP contribution in [0.5, 0.6) is 0 Å². The Bertz CT molecular complexity index is 750. The molecule has 1 aromatic carbocycles. The summed E-state index contributed by atoms with van der Waals surface area (Å²) in [7, 11) is 0. The highest BCUT2D eigenvalue weighted by atomic mass is 35.5. The van der Waals surface area contributed by atoms with Gasteiger partial charge in [0.15, 0.2) is 0 Å². The van der Waals surface area contributed by atoms with Crippen LogP contribution < -0.4 is 0 Å². The molecule has 3 nitrogen and oxygen atoms in total. The molecule has 100 valence electrons. The van der Waals surface area contributed by atoms with Crippen molar-refractivity contribution in [2.45, 2.75) is 0 Å². The average molecular weight is 323 g/mol. The number of hydrogen-bond donors (Lipinski definition) is 0. The molecule has 0 bridgehead atoms. The standard InChI is InChI=1S/C14H8Cl2N2OS/c15-11-6-2-1-5-10(11)13-17-14(19-18-13)12(16)8-9-4-3-7-20-9/h1-8H/b12-8-. The van der Waals surface area contributed by atoms with Crippen LogP contribution in [0.25, 0.3) is 22.5 Å². The first kappa shape index (κ1) is 13.4. The van der Waals surface area contributed by atoms with Crippen molar-refractivity contribution in [1.29, 1.82) is 0 Å². The number of rotatable bonds is 3. The minimum Gasteiger partial charge on any atom is -0.333 e. The smallest absolute Gasteiger partial charge is 0.269 e. The lowest BCUT2D eigenvalue weighted by Gasteiger charge is -1.95. The Kier molecular flexibility index (Phi) is 3.87. The molecule has 6 heteroatoms. The highest BCUT2D eigenvalue weighted by Crippen LogP contribution is 2.28. The van der Waals surface area contributed by atoms with Crippen LogP contribution in [-0.4, -0.2) is 10.1 Å². The van der Waals surface area contributed by atoms with E-state index in [0.717, 1.165) is 4.88 Å². The molecule has 0 atom stereocenters. The van der Waals surface area contributed by atoms with Crippen LogP contribution in [0.3, 0.4) is 0 Å². The van der Waals surface area contributed by atoms with Gasteiger partial charge in [0.1, 0.15) is 5.03 Å². The molecule has 2 aromatic heterocycles. The first-order valence-corrected chi connectivity index (χ1v) is 7.37. The third-order valence-electron chi connectivity index (χ3n) is 2.56. The van der Waals surface area contributed by atoms with Gasteiger partial charge in [0.25, 0.3) is 5.89 Å². The summed E-state index contributed by atoms with van der Waals surface area (Å²) in [5.74, 6) is 0.693. The molecule has 0 fully saturated rings. The Balaban J connectivity index is 1.93. The SMILES string of the molecule is Cl/C(=C\c1cccs1)c1nc(-c2ccccc2Cl)no1. The van der Waals surface area contributed by atoms with Gasteiger partial charge < -0.3 is 4.52 Å². The highest BCUT2D eigenvalue weighted by molar-refractivity contribution is 7.11. The number of thiophene rings is 1. The zero-order valence-corrected chi connectivity index (χ0v) is 12.4. The van der Waals surface area contributed by atoms with Crippen LogP contribution in [0.4, 0.5) is 0 Å². The second-order valence-corrected chi connectivity index (χ2v) is 5.70. The van der Waals surface area contributed by atoms with Gasteiger partial charge in [-0.1, -0.05) is 46.6 Å². The molecular formula is C14H8Cl2N2OS. The summed E-state index contributed by atoms with van der Waals surface area (Å²) in [5, 5.41) is 6.85. The number of benzene rings is 1. The van der Waals surface area contributed by atoms with Crippen molar-refractivity contribution in [3.05, 3.63) is 57.6 Å². The summed E-state index contributed by atoms with van der Waals surface area (Å²) in [5.41, 5.74) is 0.713. The van der Waals surface area contributed by atoms with Gasteiger partial charge in [-0.05, 0) is 29.7 Å². The summed E-state index contributed by atoms with van der Waals surface area (Å²) in [6, 6.07) is 11.2. The summed E-state index contributed by atoms with van der Waals surface area (Å²) >= 11 is 13.9. The van der Waals surface area contributed by atoms with E-state index in [1.165, 1.54) is 0 Å². The van der Waals surface area contributed by atoms with Crippen molar-refractivity contribution in [2.75, 3.05) is 0 Å². The first-order chi connectivity index (χ1) is 9.74. The van der Waals surface area contributed by atoms with Crippen LogP contribution >= 0.6 is 34.5 Å². The number of aromatic nitrogens is 2. The van der Waals surface area contributed by atoms with Crippen molar-refractivity contribution in [3.63, 3.8) is 0 Å². The van der Waals surface area contributed by atoms with Gasteiger partial charge in [0, 0.05) is 10.4 Å². The van der Waals surface area contributed by atoms with Gasteiger partial charge in [0.2, 0.25) is 5.82 Å². The summed E-state index contributed by atoms with van der Waals surface area (Å²) in [4.78, 5) is 5.28. The van der Waals surface area contributed by atoms with E-state index in [4.69, 9.17) is 27.7 Å². The second-order valence-electron chi connectivity index (χ2n) is 3.91. The number of nitrogens with zero attached hydrogens (tertiary/aromatic N) is 2. The third-order valence-corrected chi connectivity index (χ3v) is 3.98. The van der Waals surface area contributed by atoms with Crippen LogP contribution in [0, 0.1) is 0 Å². The van der Waals surface area contributed by atoms with Crippen LogP contribution in [0.15, 0.2) is 46.3 Å². The van der Waals surface area contributed by atoms with E-state index in [-0.39, 0.29) is 5.89 Å². The predicted octanol–water partition coefficient (Wildman–Crippen LogP) is 5.19. The summed E-state index contributed by atoms with van der Waals surface area (Å²) < 4.78 is 5.17. The molecular weight excluding hydrogens is 315 g/mol. The summed E-state index contributed by atoms with van der Waals surface area (Å²) in [6.07, 6.45) is 1.79. The minimum atomic E-state index is 0.273. The maximum Gasteiger partial charge on any atom is 0.269 e. The van der Waals surface area contributed by atoms with E-state index >= 15 is 0 Å². The molecule has 0 aliphatic heterocycles. The second kappa shape index (κ2) is 5.79. The Morgan fingerprint density at radius 1 is 1.20 bits per heavy atom. The predicted molar refractivity (Wildman–Crippen MR) is 82.8 cm³/mol. The average Bonchev–Trinajstić information content (AvgIpc) is 3.10. The lowest BCUT2D eigenvalue weighted by atomic mass is 10.2. The van der Waals surface area contributed by atoms with E-state index in [0.29, 0.717) is 21.4 Å². The maximum atomic E-state index is 6.18. The quantitative estimate of drug-likeness (QED) is 0.666. The Hall–Kier alpha value is -1.62. The molecule has 0 unspecified atom stereocenters. The van der Waals surface area contributed by atoms with E-state index < -0.39 is 0 Å². The first-order valence-electron chi connectivity index (χ1n) is 5.74. The van der Waals surface area contributed by atoms with Crippen LogP contribution in [-0.2, 0) is 0 Å². The molecule has 0 saturated carbocycles. The molecule has 0 spiro atoms. The van der Waals surface area contributed by atoms with Gasteiger partial charge in [-0.15, -0.1) is 11.3 Å². The minimum absolute atomic E-state index is 0.273. The molecule has 0 amide bonds. The normalized spacial score (nSPS) is 11.8. The Morgan fingerprint density at radius 3 is 2.80 bits per heavy atom. The number of halogens is 2. The molecule has 0 aliphatic carbocycles. The monoisotopic (exact) mass is 322 g/mol. The van der Waals surface area contributed by atoms with Crippen molar-refractivity contribution < 1.29 is 4.52 Å². The molecule has 3 aromatic rings. The van der Waals surface area contributed by atoms with Gasteiger partial charge in [0.05, 0.1) is 5.02 Å². The van der Waals surface area contributed by atoms with Gasteiger partial charge in [-0.25, -0.2) is 0 Å².